The zero-order valence-electron chi connectivity index (χ0n) is 11.5. The molecule has 4 nitrogen and oxygen atoms in total. The maximum absolute atomic E-state index is 5.60. The molecule has 1 aromatic rings. The van der Waals surface area contributed by atoms with Gasteiger partial charge in [0.2, 0.25) is 5.95 Å². The maximum atomic E-state index is 5.60. The Bertz CT molecular complexity index is 441. The van der Waals surface area contributed by atoms with Crippen molar-refractivity contribution in [1.29, 1.82) is 0 Å². The molecule has 1 aliphatic rings. The zero-order valence-corrected chi connectivity index (χ0v) is 12.3. The van der Waals surface area contributed by atoms with E-state index in [1.807, 2.05) is 13.0 Å². The molecule has 19 heavy (non-hydrogen) atoms. The van der Waals surface area contributed by atoms with Crippen molar-refractivity contribution in [2.45, 2.75) is 45.4 Å². The number of rotatable bonds is 6. The van der Waals surface area contributed by atoms with Gasteiger partial charge >= 0.3 is 0 Å². The van der Waals surface area contributed by atoms with E-state index in [2.05, 4.69) is 15.3 Å². The third-order valence-electron chi connectivity index (χ3n) is 3.65. The first-order valence-corrected chi connectivity index (χ1v) is 7.45. The van der Waals surface area contributed by atoms with Crippen molar-refractivity contribution >= 4 is 23.2 Å². The molecule has 1 aromatic heterocycles. The van der Waals surface area contributed by atoms with E-state index in [9.17, 15) is 0 Å². The number of nitrogens with one attached hydrogen (secondary N) is 1. The Balaban J connectivity index is 1.80. The molecular weight excluding hydrogens is 256 g/mol. The molecule has 5 heteroatoms. The summed E-state index contributed by atoms with van der Waals surface area (Å²) in [4.78, 5) is 8.98. The first-order valence-electron chi connectivity index (χ1n) is 7.04. The van der Waals surface area contributed by atoms with E-state index in [1.54, 1.807) is 0 Å². The van der Waals surface area contributed by atoms with Crippen LogP contribution in [0.1, 0.15) is 49.9 Å². The van der Waals surface area contributed by atoms with E-state index in [4.69, 9.17) is 18.0 Å². The minimum absolute atomic E-state index is 0.319. The summed E-state index contributed by atoms with van der Waals surface area (Å²) in [5.74, 6) is 1.57. The molecule has 0 bridgehead atoms. The van der Waals surface area contributed by atoms with E-state index in [-0.39, 0.29) is 0 Å². The summed E-state index contributed by atoms with van der Waals surface area (Å²) in [7, 11) is 0. The van der Waals surface area contributed by atoms with Crippen molar-refractivity contribution < 1.29 is 0 Å². The van der Waals surface area contributed by atoms with Gasteiger partial charge in [0.15, 0.2) is 0 Å². The molecule has 0 spiro atoms. The summed E-state index contributed by atoms with van der Waals surface area (Å²) in [6.45, 7) is 2.84. The van der Waals surface area contributed by atoms with Crippen LogP contribution in [0.15, 0.2) is 6.07 Å². The molecule has 0 aliphatic heterocycles. The van der Waals surface area contributed by atoms with Crippen LogP contribution in [0.4, 0.5) is 5.95 Å². The lowest BCUT2D eigenvalue weighted by atomic mass is 10.0. The van der Waals surface area contributed by atoms with Crippen molar-refractivity contribution in [2.24, 2.45) is 11.7 Å². The van der Waals surface area contributed by atoms with Crippen LogP contribution in [0.3, 0.4) is 0 Å². The number of nitrogens with zero attached hydrogens (tertiary/aromatic N) is 2. The fourth-order valence-electron chi connectivity index (χ4n) is 2.66. The summed E-state index contributed by atoms with van der Waals surface area (Å²) in [6, 6.07) is 1.81. The number of nitrogens with two attached hydrogens (primary N) is 1. The molecule has 1 fully saturated rings. The maximum Gasteiger partial charge on any atom is 0.223 e. The van der Waals surface area contributed by atoms with Gasteiger partial charge in [-0.2, -0.15) is 0 Å². The highest BCUT2D eigenvalue weighted by atomic mass is 32.1. The molecule has 104 valence electrons. The molecule has 0 saturated heterocycles. The van der Waals surface area contributed by atoms with Crippen LogP contribution in [-0.4, -0.2) is 21.5 Å². The molecular formula is C14H22N4S. The van der Waals surface area contributed by atoms with Gasteiger partial charge in [0.25, 0.3) is 0 Å². The summed E-state index contributed by atoms with van der Waals surface area (Å²) >= 11 is 4.95. The van der Waals surface area contributed by atoms with Gasteiger partial charge < -0.3 is 11.1 Å². The molecule has 1 saturated carbocycles. The van der Waals surface area contributed by atoms with Crippen LogP contribution in [0, 0.1) is 12.8 Å². The monoisotopic (exact) mass is 278 g/mol. The van der Waals surface area contributed by atoms with Crippen molar-refractivity contribution in [1.82, 2.24) is 9.97 Å². The molecule has 0 aromatic carbocycles. The first kappa shape index (κ1) is 14.2. The minimum atomic E-state index is 0.319. The van der Waals surface area contributed by atoms with E-state index < -0.39 is 0 Å². The van der Waals surface area contributed by atoms with Crippen LogP contribution in [0.25, 0.3) is 0 Å². The molecule has 0 unspecified atom stereocenters. The summed E-state index contributed by atoms with van der Waals surface area (Å²) in [5, 5.41) is 3.27. The van der Waals surface area contributed by atoms with Crippen LogP contribution >= 0.6 is 12.2 Å². The van der Waals surface area contributed by atoms with Crippen LogP contribution in [-0.2, 0) is 0 Å². The SMILES string of the molecule is Cc1cc(C(N)=S)nc(NCCCC2CCCC2)n1. The average molecular weight is 278 g/mol. The van der Waals surface area contributed by atoms with Gasteiger partial charge in [0.1, 0.15) is 10.7 Å². The number of aryl methyl sites for hydroxylation is 1. The van der Waals surface area contributed by atoms with Crippen LogP contribution in [0.2, 0.25) is 0 Å². The van der Waals surface area contributed by atoms with Gasteiger partial charge in [-0.25, -0.2) is 9.97 Å². The van der Waals surface area contributed by atoms with Gasteiger partial charge in [-0.3, -0.25) is 0 Å². The van der Waals surface area contributed by atoms with Crippen molar-refractivity contribution in [3.05, 3.63) is 17.5 Å². The second-order valence-electron chi connectivity index (χ2n) is 5.30. The van der Waals surface area contributed by atoms with Gasteiger partial charge in [-0.15, -0.1) is 0 Å². The highest BCUT2D eigenvalue weighted by Gasteiger charge is 2.14. The van der Waals surface area contributed by atoms with Gasteiger partial charge in [-0.1, -0.05) is 37.9 Å². The van der Waals surface area contributed by atoms with E-state index >= 15 is 0 Å². The summed E-state index contributed by atoms with van der Waals surface area (Å²) < 4.78 is 0. The highest BCUT2D eigenvalue weighted by molar-refractivity contribution is 7.80. The Morgan fingerprint density at radius 2 is 2.16 bits per heavy atom. The van der Waals surface area contributed by atoms with Gasteiger partial charge in [-0.05, 0) is 31.7 Å². The topological polar surface area (TPSA) is 63.8 Å². The lowest BCUT2D eigenvalue weighted by molar-refractivity contribution is 0.491. The standard InChI is InChI=1S/C14H22N4S/c1-10-9-12(13(15)19)18-14(17-10)16-8-4-7-11-5-2-3-6-11/h9,11H,2-8H2,1H3,(H2,15,19)(H,16,17,18). The predicted octanol–water partition coefficient (Wildman–Crippen LogP) is 2.80. The van der Waals surface area contributed by atoms with Gasteiger partial charge in [0, 0.05) is 12.2 Å². The van der Waals surface area contributed by atoms with Crippen molar-refractivity contribution in [3.63, 3.8) is 0 Å². The third kappa shape index (κ3) is 4.42. The fourth-order valence-corrected chi connectivity index (χ4v) is 2.77. The largest absolute Gasteiger partial charge is 0.388 e. The highest BCUT2D eigenvalue weighted by Crippen LogP contribution is 2.28. The Labute approximate surface area is 120 Å². The average Bonchev–Trinajstić information content (AvgIpc) is 2.87. The van der Waals surface area contributed by atoms with E-state index in [1.165, 1.54) is 38.5 Å². The Morgan fingerprint density at radius 3 is 2.84 bits per heavy atom. The second-order valence-corrected chi connectivity index (χ2v) is 5.74. The normalized spacial score (nSPS) is 15.6. The van der Waals surface area contributed by atoms with Crippen molar-refractivity contribution in [3.8, 4) is 0 Å². The number of thiocarbonyl (C=S) groups is 1. The molecule has 1 heterocycles. The number of hydrogen-bond donors (Lipinski definition) is 2. The fraction of sp³-hybridized carbons (Fsp3) is 0.643. The van der Waals surface area contributed by atoms with Crippen LogP contribution in [0.5, 0.6) is 0 Å². The Kier molecular flexibility index (Phi) is 5.07. The van der Waals surface area contributed by atoms with E-state index in [0.717, 1.165) is 18.2 Å². The summed E-state index contributed by atoms with van der Waals surface area (Å²) in [6.07, 6.45) is 8.12. The molecule has 0 amide bonds. The van der Waals surface area contributed by atoms with Crippen LogP contribution < -0.4 is 11.1 Å². The third-order valence-corrected chi connectivity index (χ3v) is 3.86. The second kappa shape index (κ2) is 6.80. The van der Waals surface area contributed by atoms with Gasteiger partial charge in [0.05, 0.1) is 0 Å². The molecule has 0 atom stereocenters. The molecule has 1 aliphatic carbocycles. The molecule has 2 rings (SSSR count). The minimum Gasteiger partial charge on any atom is -0.388 e. The number of aromatic nitrogens is 2. The smallest absolute Gasteiger partial charge is 0.223 e. The quantitative estimate of drug-likeness (QED) is 0.619. The molecule has 3 N–H and O–H groups in total. The molecule has 0 radical (unpaired) electrons. The van der Waals surface area contributed by atoms with E-state index in [0.29, 0.717) is 16.6 Å². The Hall–Kier alpha value is -1.23. The lowest BCUT2D eigenvalue weighted by Crippen LogP contribution is -2.15. The summed E-state index contributed by atoms with van der Waals surface area (Å²) in [5.41, 5.74) is 7.13. The first-order chi connectivity index (χ1) is 9.15. The zero-order chi connectivity index (χ0) is 13.7. The number of hydrogen-bond acceptors (Lipinski definition) is 4. The number of anilines is 1. The Morgan fingerprint density at radius 1 is 1.42 bits per heavy atom. The predicted molar refractivity (Wildman–Crippen MR) is 82.3 cm³/mol. The van der Waals surface area contributed by atoms with Crippen molar-refractivity contribution in [2.75, 3.05) is 11.9 Å². The lowest BCUT2D eigenvalue weighted by Gasteiger charge is -2.10.